The van der Waals surface area contributed by atoms with Gasteiger partial charge in [-0.15, -0.1) is 0 Å². The maximum absolute atomic E-state index is 11.9. The summed E-state index contributed by atoms with van der Waals surface area (Å²) in [7, 11) is 0. The zero-order valence-corrected chi connectivity index (χ0v) is 14.5. The number of benzene rings is 1. The summed E-state index contributed by atoms with van der Waals surface area (Å²) < 4.78 is 1.88. The van der Waals surface area contributed by atoms with Gasteiger partial charge in [0.15, 0.2) is 0 Å². The number of rotatable bonds is 7. The van der Waals surface area contributed by atoms with E-state index in [9.17, 15) is 9.90 Å². The summed E-state index contributed by atoms with van der Waals surface area (Å²) in [5.41, 5.74) is 3.94. The summed E-state index contributed by atoms with van der Waals surface area (Å²) in [6, 6.07) is 9.59. The largest absolute Gasteiger partial charge is 0.391 e. The third-order valence-electron chi connectivity index (χ3n) is 3.79. The van der Waals surface area contributed by atoms with Gasteiger partial charge in [0.05, 0.1) is 17.5 Å². The summed E-state index contributed by atoms with van der Waals surface area (Å²) in [6.07, 6.45) is 1.07. The molecule has 24 heavy (non-hydrogen) atoms. The lowest BCUT2D eigenvalue weighted by Crippen LogP contribution is -2.39. The number of carbonyl (C=O) groups is 1. The van der Waals surface area contributed by atoms with Crippen LogP contribution >= 0.6 is 0 Å². The minimum atomic E-state index is -0.497. The first-order valence-electron chi connectivity index (χ1n) is 8.32. The van der Waals surface area contributed by atoms with E-state index in [1.165, 1.54) is 0 Å². The first kappa shape index (κ1) is 18.0. The first-order chi connectivity index (χ1) is 11.5. The molecule has 6 nitrogen and oxygen atoms in total. The number of carbonyl (C=O) groups excluding carboxylic acids is 1. The van der Waals surface area contributed by atoms with E-state index in [2.05, 4.69) is 15.7 Å². The van der Waals surface area contributed by atoms with E-state index >= 15 is 0 Å². The van der Waals surface area contributed by atoms with Crippen molar-refractivity contribution in [3.05, 3.63) is 47.3 Å². The van der Waals surface area contributed by atoms with Crippen LogP contribution in [0.1, 0.15) is 36.7 Å². The van der Waals surface area contributed by atoms with E-state index in [1.54, 1.807) is 0 Å². The van der Waals surface area contributed by atoms with Crippen LogP contribution in [0.3, 0.4) is 0 Å². The quantitative estimate of drug-likeness (QED) is 0.729. The van der Waals surface area contributed by atoms with Crippen molar-refractivity contribution in [2.75, 3.05) is 6.54 Å². The minimum Gasteiger partial charge on any atom is -0.391 e. The van der Waals surface area contributed by atoms with Gasteiger partial charge in [-0.05, 0) is 38.0 Å². The van der Waals surface area contributed by atoms with Gasteiger partial charge in [0.25, 0.3) is 0 Å². The predicted octanol–water partition coefficient (Wildman–Crippen LogP) is 2.45. The van der Waals surface area contributed by atoms with Crippen molar-refractivity contribution in [1.29, 1.82) is 0 Å². The summed E-state index contributed by atoms with van der Waals surface area (Å²) in [6.45, 7) is 6.62. The second-order valence-electron chi connectivity index (χ2n) is 5.97. The van der Waals surface area contributed by atoms with Crippen LogP contribution in [-0.4, -0.2) is 33.6 Å². The van der Waals surface area contributed by atoms with Crippen molar-refractivity contribution < 1.29 is 9.90 Å². The molecule has 1 atom stereocenters. The zero-order chi connectivity index (χ0) is 17.5. The summed E-state index contributed by atoms with van der Waals surface area (Å²) in [4.78, 5) is 11.9. The Labute approximate surface area is 142 Å². The standard InChI is InChI=1S/C18H26N4O2/c1-4-7-16(23)12-20-18(24)19-11-15-8-5-6-9-17(15)22-14(3)10-13(2)21-22/h5-6,8-10,16,23H,4,7,11-12H2,1-3H3,(H2,19,20,24). The molecule has 0 aliphatic heterocycles. The summed E-state index contributed by atoms with van der Waals surface area (Å²) >= 11 is 0. The van der Waals surface area contributed by atoms with E-state index in [-0.39, 0.29) is 12.6 Å². The van der Waals surface area contributed by atoms with Crippen molar-refractivity contribution in [1.82, 2.24) is 20.4 Å². The number of urea groups is 1. The van der Waals surface area contributed by atoms with Crippen molar-refractivity contribution in [2.24, 2.45) is 0 Å². The molecule has 1 unspecified atom stereocenters. The fraction of sp³-hybridized carbons (Fsp3) is 0.444. The average molecular weight is 330 g/mol. The Kier molecular flexibility index (Phi) is 6.37. The molecule has 0 saturated heterocycles. The molecule has 0 saturated carbocycles. The van der Waals surface area contributed by atoms with Crippen LogP contribution in [-0.2, 0) is 6.54 Å². The van der Waals surface area contributed by atoms with Crippen molar-refractivity contribution in [3.8, 4) is 5.69 Å². The van der Waals surface area contributed by atoms with E-state index in [0.29, 0.717) is 13.0 Å². The van der Waals surface area contributed by atoms with Gasteiger partial charge in [0.1, 0.15) is 0 Å². The number of aromatic nitrogens is 2. The Morgan fingerprint density at radius 1 is 1.29 bits per heavy atom. The van der Waals surface area contributed by atoms with Crippen LogP contribution in [0.15, 0.2) is 30.3 Å². The van der Waals surface area contributed by atoms with Gasteiger partial charge in [-0.3, -0.25) is 0 Å². The normalized spacial score (nSPS) is 12.0. The lowest BCUT2D eigenvalue weighted by molar-refractivity contribution is 0.160. The molecule has 2 amide bonds. The van der Waals surface area contributed by atoms with Crippen LogP contribution in [0.2, 0.25) is 0 Å². The van der Waals surface area contributed by atoms with E-state index in [4.69, 9.17) is 0 Å². The van der Waals surface area contributed by atoms with E-state index in [1.807, 2.05) is 55.8 Å². The van der Waals surface area contributed by atoms with Gasteiger partial charge >= 0.3 is 6.03 Å². The first-order valence-corrected chi connectivity index (χ1v) is 8.32. The number of amides is 2. The van der Waals surface area contributed by atoms with Gasteiger partial charge in [0.2, 0.25) is 0 Å². The highest BCUT2D eigenvalue weighted by atomic mass is 16.3. The molecule has 0 radical (unpaired) electrons. The molecule has 1 heterocycles. The second kappa shape index (κ2) is 8.49. The van der Waals surface area contributed by atoms with Gasteiger partial charge < -0.3 is 15.7 Å². The molecular weight excluding hydrogens is 304 g/mol. The van der Waals surface area contributed by atoms with Crippen LogP contribution in [0, 0.1) is 13.8 Å². The van der Waals surface area contributed by atoms with Gasteiger partial charge in [-0.25, -0.2) is 9.48 Å². The number of aliphatic hydroxyl groups excluding tert-OH is 1. The molecule has 2 aromatic rings. The van der Waals surface area contributed by atoms with Crippen LogP contribution in [0.25, 0.3) is 5.69 Å². The molecule has 0 aliphatic rings. The number of nitrogens with one attached hydrogen (secondary N) is 2. The smallest absolute Gasteiger partial charge is 0.315 e. The molecule has 0 fully saturated rings. The maximum Gasteiger partial charge on any atom is 0.315 e. The maximum atomic E-state index is 11.9. The lowest BCUT2D eigenvalue weighted by atomic mass is 10.1. The molecule has 0 bridgehead atoms. The highest BCUT2D eigenvalue weighted by Gasteiger charge is 2.10. The summed E-state index contributed by atoms with van der Waals surface area (Å²) in [5.74, 6) is 0. The number of para-hydroxylation sites is 1. The molecular formula is C18H26N4O2. The Morgan fingerprint density at radius 2 is 2.04 bits per heavy atom. The number of aliphatic hydroxyl groups is 1. The molecule has 130 valence electrons. The number of nitrogens with zero attached hydrogens (tertiary/aromatic N) is 2. The second-order valence-corrected chi connectivity index (χ2v) is 5.97. The topological polar surface area (TPSA) is 79.2 Å². The molecule has 2 rings (SSSR count). The van der Waals surface area contributed by atoms with Gasteiger partial charge in [-0.1, -0.05) is 31.5 Å². The van der Waals surface area contributed by atoms with Gasteiger partial charge in [0, 0.05) is 18.8 Å². The SMILES string of the molecule is CCCC(O)CNC(=O)NCc1ccccc1-n1nc(C)cc1C. The fourth-order valence-corrected chi connectivity index (χ4v) is 2.62. The van der Waals surface area contributed by atoms with Crippen LogP contribution in [0.4, 0.5) is 4.79 Å². The van der Waals surface area contributed by atoms with E-state index < -0.39 is 6.10 Å². The molecule has 1 aromatic heterocycles. The Bertz CT molecular complexity index is 681. The van der Waals surface area contributed by atoms with Crippen LogP contribution in [0.5, 0.6) is 0 Å². The molecule has 3 N–H and O–H groups in total. The van der Waals surface area contributed by atoms with Crippen molar-refractivity contribution in [2.45, 2.75) is 46.3 Å². The van der Waals surface area contributed by atoms with Crippen LogP contribution < -0.4 is 10.6 Å². The van der Waals surface area contributed by atoms with Crippen molar-refractivity contribution >= 4 is 6.03 Å². The average Bonchev–Trinajstić information content (AvgIpc) is 2.90. The van der Waals surface area contributed by atoms with Gasteiger partial charge in [-0.2, -0.15) is 5.10 Å². The molecule has 1 aromatic carbocycles. The molecule has 0 spiro atoms. The Hall–Kier alpha value is -2.34. The number of hydrogen-bond acceptors (Lipinski definition) is 3. The number of hydrogen-bond donors (Lipinski definition) is 3. The third-order valence-corrected chi connectivity index (χ3v) is 3.79. The third kappa shape index (κ3) is 4.83. The Balaban J connectivity index is 1.98. The lowest BCUT2D eigenvalue weighted by Gasteiger charge is -2.14. The minimum absolute atomic E-state index is 0.263. The fourth-order valence-electron chi connectivity index (χ4n) is 2.62. The predicted molar refractivity (Wildman–Crippen MR) is 94.2 cm³/mol. The monoisotopic (exact) mass is 330 g/mol. The zero-order valence-electron chi connectivity index (χ0n) is 14.5. The molecule has 0 aliphatic carbocycles. The van der Waals surface area contributed by atoms with E-state index in [0.717, 1.165) is 29.1 Å². The summed E-state index contributed by atoms with van der Waals surface area (Å²) in [5, 5.41) is 19.7. The Morgan fingerprint density at radius 3 is 2.71 bits per heavy atom. The van der Waals surface area contributed by atoms with Crippen molar-refractivity contribution in [3.63, 3.8) is 0 Å². The highest BCUT2D eigenvalue weighted by Crippen LogP contribution is 2.16. The molecule has 6 heteroatoms. The highest BCUT2D eigenvalue weighted by molar-refractivity contribution is 5.74. The number of aryl methyl sites for hydroxylation is 2.